The number of esters is 1. The molecule has 2 heterocycles. The highest BCUT2D eigenvalue weighted by atomic mass is 16.5. The summed E-state index contributed by atoms with van der Waals surface area (Å²) in [6, 6.07) is 0. The zero-order chi connectivity index (χ0) is 17.0. The van der Waals surface area contributed by atoms with Gasteiger partial charge in [-0.05, 0) is 24.7 Å². The van der Waals surface area contributed by atoms with Gasteiger partial charge in [0.15, 0.2) is 0 Å². The Morgan fingerprint density at radius 2 is 2.04 bits per heavy atom. The zero-order valence-corrected chi connectivity index (χ0v) is 14.0. The standard InChI is InChI=1S/C16H23N3O4/c1-9-10(13(21)18-17-9)5-12(20)19-6-11-15(2,3)7-16(11,8-19)14(22)23-4/h11H,5-8H2,1-4H3,(H2,17,18,21)/t11-,16+/m1/s1. The molecule has 1 aliphatic heterocycles. The smallest absolute Gasteiger partial charge is 0.314 e. The number of methoxy groups -OCH3 is 1. The number of H-pyrrole nitrogens is 2. The molecule has 2 atom stereocenters. The van der Waals surface area contributed by atoms with E-state index in [1.165, 1.54) is 7.11 Å². The number of ether oxygens (including phenoxy) is 1. The number of rotatable bonds is 3. The molecule has 1 aromatic heterocycles. The quantitative estimate of drug-likeness (QED) is 0.797. The number of nitrogens with one attached hydrogen (secondary N) is 2. The third-order valence-electron chi connectivity index (χ3n) is 5.62. The van der Waals surface area contributed by atoms with Gasteiger partial charge in [0.2, 0.25) is 5.91 Å². The summed E-state index contributed by atoms with van der Waals surface area (Å²) in [5.74, 6) is -0.239. The Balaban J connectivity index is 1.79. The molecule has 1 aliphatic carbocycles. The molecule has 23 heavy (non-hydrogen) atoms. The van der Waals surface area contributed by atoms with Gasteiger partial charge in [-0.2, -0.15) is 0 Å². The third kappa shape index (κ3) is 2.21. The first-order chi connectivity index (χ1) is 10.7. The molecule has 2 N–H and O–H groups in total. The summed E-state index contributed by atoms with van der Waals surface area (Å²) in [7, 11) is 1.40. The van der Waals surface area contributed by atoms with Gasteiger partial charge in [0, 0.05) is 24.3 Å². The molecule has 2 aliphatic rings. The minimum Gasteiger partial charge on any atom is -0.469 e. The Hall–Kier alpha value is -2.05. The van der Waals surface area contributed by atoms with Crippen molar-refractivity contribution in [2.24, 2.45) is 16.7 Å². The Labute approximate surface area is 134 Å². The van der Waals surface area contributed by atoms with Crippen molar-refractivity contribution in [2.45, 2.75) is 33.6 Å². The lowest BCUT2D eigenvalue weighted by Crippen LogP contribution is -2.57. The summed E-state index contributed by atoms with van der Waals surface area (Å²) in [6.45, 7) is 6.92. The van der Waals surface area contributed by atoms with E-state index in [0.717, 1.165) is 6.42 Å². The van der Waals surface area contributed by atoms with Gasteiger partial charge in [0.1, 0.15) is 0 Å². The maximum Gasteiger partial charge on any atom is 0.314 e. The van der Waals surface area contributed by atoms with E-state index in [4.69, 9.17) is 4.74 Å². The van der Waals surface area contributed by atoms with E-state index in [1.807, 2.05) is 0 Å². The molecule has 0 unspecified atom stereocenters. The SMILES string of the molecule is COC(=O)[C@@]12CN(C(=O)Cc3c(C)[nH][nH]c3=O)C[C@@H]1C(C)(C)C2. The van der Waals surface area contributed by atoms with Gasteiger partial charge < -0.3 is 14.7 Å². The Bertz CT molecular complexity index is 717. The van der Waals surface area contributed by atoms with Crippen molar-refractivity contribution in [2.75, 3.05) is 20.2 Å². The highest BCUT2D eigenvalue weighted by Gasteiger charge is 2.67. The number of nitrogens with zero attached hydrogens (tertiary/aromatic N) is 1. The van der Waals surface area contributed by atoms with Crippen LogP contribution < -0.4 is 5.56 Å². The fourth-order valence-electron chi connectivity index (χ4n) is 4.51. The van der Waals surface area contributed by atoms with E-state index >= 15 is 0 Å². The van der Waals surface area contributed by atoms with Crippen LogP contribution in [0.25, 0.3) is 0 Å². The summed E-state index contributed by atoms with van der Waals surface area (Å²) in [5.41, 5.74) is 0.313. The van der Waals surface area contributed by atoms with Crippen molar-refractivity contribution in [1.82, 2.24) is 15.1 Å². The number of aryl methyl sites for hydroxylation is 1. The lowest BCUT2D eigenvalue weighted by atomic mass is 9.48. The first kappa shape index (κ1) is 15.8. The fraction of sp³-hybridized carbons (Fsp3) is 0.688. The number of amides is 1. The van der Waals surface area contributed by atoms with Crippen molar-refractivity contribution < 1.29 is 14.3 Å². The monoisotopic (exact) mass is 321 g/mol. The van der Waals surface area contributed by atoms with E-state index in [0.29, 0.717) is 24.3 Å². The van der Waals surface area contributed by atoms with Crippen molar-refractivity contribution in [3.8, 4) is 0 Å². The summed E-state index contributed by atoms with van der Waals surface area (Å²) >= 11 is 0. The molecule has 0 spiro atoms. The molecule has 2 fully saturated rings. The second-order valence-corrected chi connectivity index (χ2v) is 7.50. The van der Waals surface area contributed by atoms with Crippen LogP contribution in [0.5, 0.6) is 0 Å². The number of aromatic nitrogens is 2. The number of hydrogen-bond acceptors (Lipinski definition) is 4. The first-order valence-electron chi connectivity index (χ1n) is 7.83. The predicted octanol–water partition coefficient (Wildman–Crippen LogP) is 0.602. The molecule has 1 saturated carbocycles. The first-order valence-corrected chi connectivity index (χ1v) is 7.83. The van der Waals surface area contributed by atoms with E-state index in [9.17, 15) is 14.4 Å². The molecular weight excluding hydrogens is 298 g/mol. The van der Waals surface area contributed by atoms with Crippen LogP contribution >= 0.6 is 0 Å². The molecule has 7 nitrogen and oxygen atoms in total. The third-order valence-corrected chi connectivity index (χ3v) is 5.62. The number of hydrogen-bond donors (Lipinski definition) is 2. The van der Waals surface area contributed by atoms with Crippen molar-refractivity contribution in [1.29, 1.82) is 0 Å². The van der Waals surface area contributed by atoms with Gasteiger partial charge >= 0.3 is 5.97 Å². The van der Waals surface area contributed by atoms with Crippen LogP contribution in [0, 0.1) is 23.7 Å². The van der Waals surface area contributed by atoms with Gasteiger partial charge in [-0.3, -0.25) is 19.5 Å². The largest absolute Gasteiger partial charge is 0.469 e. The van der Waals surface area contributed by atoms with Crippen LogP contribution in [0.3, 0.4) is 0 Å². The Morgan fingerprint density at radius 1 is 1.35 bits per heavy atom. The second-order valence-electron chi connectivity index (χ2n) is 7.50. The molecule has 3 rings (SSSR count). The lowest BCUT2D eigenvalue weighted by Gasteiger charge is -2.54. The van der Waals surface area contributed by atoms with E-state index in [1.54, 1.807) is 11.8 Å². The maximum atomic E-state index is 12.6. The molecule has 0 aromatic carbocycles. The molecule has 0 radical (unpaired) electrons. The van der Waals surface area contributed by atoms with E-state index in [-0.39, 0.29) is 35.2 Å². The molecule has 0 bridgehead atoms. The summed E-state index contributed by atoms with van der Waals surface area (Å²) in [5, 5.41) is 5.21. The topological polar surface area (TPSA) is 95.3 Å². The number of carbonyl (C=O) groups is 2. The fourth-order valence-corrected chi connectivity index (χ4v) is 4.51. The van der Waals surface area contributed by atoms with Gasteiger partial charge in [-0.1, -0.05) is 13.8 Å². The van der Waals surface area contributed by atoms with Crippen molar-refractivity contribution in [3.05, 3.63) is 21.6 Å². The van der Waals surface area contributed by atoms with E-state index < -0.39 is 5.41 Å². The number of carbonyl (C=O) groups excluding carboxylic acids is 2. The molecule has 1 amide bonds. The number of likely N-dealkylation sites (tertiary alicyclic amines) is 1. The number of fused-ring (bicyclic) bond motifs is 1. The van der Waals surface area contributed by atoms with Gasteiger partial charge in [0.25, 0.3) is 5.56 Å². The normalized spacial score (nSPS) is 28.2. The Morgan fingerprint density at radius 3 is 2.57 bits per heavy atom. The summed E-state index contributed by atoms with van der Waals surface area (Å²) in [4.78, 5) is 38.3. The highest BCUT2D eigenvalue weighted by Crippen LogP contribution is 2.63. The Kier molecular flexibility index (Phi) is 3.42. The van der Waals surface area contributed by atoms with Crippen LogP contribution in [-0.4, -0.2) is 47.2 Å². The molecule has 7 heteroatoms. The van der Waals surface area contributed by atoms with E-state index in [2.05, 4.69) is 24.0 Å². The maximum absolute atomic E-state index is 12.6. The number of aromatic amines is 2. The minimum atomic E-state index is -0.576. The highest BCUT2D eigenvalue weighted by molar-refractivity contribution is 5.84. The molecule has 126 valence electrons. The second kappa shape index (κ2) is 4.97. The molecular formula is C16H23N3O4. The zero-order valence-electron chi connectivity index (χ0n) is 14.0. The lowest BCUT2D eigenvalue weighted by molar-refractivity contribution is -0.174. The van der Waals surface area contributed by atoms with Gasteiger partial charge in [-0.15, -0.1) is 0 Å². The van der Waals surface area contributed by atoms with Crippen molar-refractivity contribution >= 4 is 11.9 Å². The molecule has 1 saturated heterocycles. The van der Waals surface area contributed by atoms with Crippen LogP contribution in [0.2, 0.25) is 0 Å². The van der Waals surface area contributed by atoms with Crippen LogP contribution in [0.4, 0.5) is 0 Å². The minimum absolute atomic E-state index is 0.0185. The van der Waals surface area contributed by atoms with Crippen LogP contribution in [0.1, 0.15) is 31.5 Å². The average Bonchev–Trinajstić information content (AvgIpc) is 2.99. The summed E-state index contributed by atoms with van der Waals surface area (Å²) < 4.78 is 4.99. The van der Waals surface area contributed by atoms with Crippen molar-refractivity contribution in [3.63, 3.8) is 0 Å². The molecule has 1 aromatic rings. The summed E-state index contributed by atoms with van der Waals surface area (Å²) in [6.07, 6.45) is 0.778. The van der Waals surface area contributed by atoms with Gasteiger partial charge in [-0.25, -0.2) is 0 Å². The van der Waals surface area contributed by atoms with Crippen LogP contribution in [-0.2, 0) is 20.7 Å². The average molecular weight is 321 g/mol. The van der Waals surface area contributed by atoms with Crippen LogP contribution in [0.15, 0.2) is 4.79 Å². The van der Waals surface area contributed by atoms with Gasteiger partial charge in [0.05, 0.1) is 18.9 Å². The predicted molar refractivity (Wildman–Crippen MR) is 82.8 cm³/mol.